The average Bonchev–Trinajstić information content (AvgIpc) is 3.07. The van der Waals surface area contributed by atoms with Crippen molar-refractivity contribution in [3.05, 3.63) is 81.6 Å². The maximum Gasteiger partial charge on any atom is 0.248 e. The van der Waals surface area contributed by atoms with E-state index in [9.17, 15) is 9.18 Å². The molecule has 0 fully saturated rings. The summed E-state index contributed by atoms with van der Waals surface area (Å²) in [5.41, 5.74) is 2.73. The van der Waals surface area contributed by atoms with Crippen LogP contribution in [0.2, 0.25) is 0 Å². The standard InChI is InChI=1S/C21H19FN2O2S/c1-14-6-8-19(22)20(10-14)24-21(25)9-7-16-4-3-5-18(11-16)26-12-17-13-27-15(2)23-17/h3-11,13H,12H2,1-2H3,(H,24,25)/b9-7+. The predicted octanol–water partition coefficient (Wildman–Crippen LogP) is 5.13. The topological polar surface area (TPSA) is 51.2 Å². The van der Waals surface area contributed by atoms with E-state index in [2.05, 4.69) is 10.3 Å². The molecule has 27 heavy (non-hydrogen) atoms. The fourth-order valence-corrected chi connectivity index (χ4v) is 3.02. The zero-order valence-electron chi connectivity index (χ0n) is 15.0. The van der Waals surface area contributed by atoms with Gasteiger partial charge in [0.2, 0.25) is 5.91 Å². The maximum absolute atomic E-state index is 13.7. The lowest BCUT2D eigenvalue weighted by Crippen LogP contribution is -2.09. The first-order valence-corrected chi connectivity index (χ1v) is 9.26. The summed E-state index contributed by atoms with van der Waals surface area (Å²) < 4.78 is 19.5. The first-order valence-electron chi connectivity index (χ1n) is 8.39. The van der Waals surface area contributed by atoms with Crippen molar-refractivity contribution in [1.82, 2.24) is 4.98 Å². The predicted molar refractivity (Wildman–Crippen MR) is 106 cm³/mol. The number of aromatic nitrogens is 1. The van der Waals surface area contributed by atoms with Crippen molar-refractivity contribution in [2.45, 2.75) is 20.5 Å². The van der Waals surface area contributed by atoms with Crippen LogP contribution in [0, 0.1) is 19.7 Å². The number of anilines is 1. The van der Waals surface area contributed by atoms with Gasteiger partial charge < -0.3 is 10.1 Å². The van der Waals surface area contributed by atoms with Crippen LogP contribution in [0.1, 0.15) is 21.8 Å². The number of nitrogens with one attached hydrogen (secondary N) is 1. The molecule has 4 nitrogen and oxygen atoms in total. The summed E-state index contributed by atoms with van der Waals surface area (Å²) in [5.74, 6) is -0.174. The van der Waals surface area contributed by atoms with Gasteiger partial charge in [-0.25, -0.2) is 9.37 Å². The zero-order chi connectivity index (χ0) is 19.2. The molecule has 0 radical (unpaired) electrons. The molecule has 0 aliphatic carbocycles. The highest BCUT2D eigenvalue weighted by molar-refractivity contribution is 7.09. The van der Waals surface area contributed by atoms with Crippen molar-refractivity contribution in [3.63, 3.8) is 0 Å². The Morgan fingerprint density at radius 3 is 2.89 bits per heavy atom. The molecule has 0 atom stereocenters. The number of nitrogens with zero attached hydrogens (tertiary/aromatic N) is 1. The molecule has 138 valence electrons. The van der Waals surface area contributed by atoms with Gasteiger partial charge in [-0.1, -0.05) is 18.2 Å². The van der Waals surface area contributed by atoms with Crippen LogP contribution in [-0.4, -0.2) is 10.9 Å². The number of carbonyl (C=O) groups excluding carboxylic acids is 1. The quantitative estimate of drug-likeness (QED) is 0.601. The molecule has 0 saturated heterocycles. The molecule has 0 unspecified atom stereocenters. The largest absolute Gasteiger partial charge is 0.487 e. The van der Waals surface area contributed by atoms with E-state index in [0.29, 0.717) is 12.4 Å². The number of hydrogen-bond donors (Lipinski definition) is 1. The van der Waals surface area contributed by atoms with E-state index in [1.807, 2.05) is 43.5 Å². The van der Waals surface area contributed by atoms with Crippen molar-refractivity contribution in [1.29, 1.82) is 0 Å². The van der Waals surface area contributed by atoms with Crippen LogP contribution >= 0.6 is 11.3 Å². The lowest BCUT2D eigenvalue weighted by Gasteiger charge is -2.06. The van der Waals surface area contributed by atoms with Crippen LogP contribution in [0.3, 0.4) is 0 Å². The monoisotopic (exact) mass is 382 g/mol. The Kier molecular flexibility index (Phi) is 5.98. The second-order valence-electron chi connectivity index (χ2n) is 6.02. The third kappa shape index (κ3) is 5.49. The van der Waals surface area contributed by atoms with Gasteiger partial charge in [-0.2, -0.15) is 0 Å². The van der Waals surface area contributed by atoms with Crippen LogP contribution < -0.4 is 10.1 Å². The average molecular weight is 382 g/mol. The molecule has 0 bridgehead atoms. The Hall–Kier alpha value is -2.99. The number of thiazole rings is 1. The van der Waals surface area contributed by atoms with Gasteiger partial charge in [0.15, 0.2) is 0 Å². The van der Waals surface area contributed by atoms with Gasteiger partial charge in [0.25, 0.3) is 0 Å². The Bertz CT molecular complexity index is 982. The van der Waals surface area contributed by atoms with Gasteiger partial charge >= 0.3 is 0 Å². The minimum Gasteiger partial charge on any atom is -0.487 e. The number of halogens is 1. The van der Waals surface area contributed by atoms with E-state index in [1.54, 1.807) is 29.5 Å². The summed E-state index contributed by atoms with van der Waals surface area (Å²) in [7, 11) is 0. The van der Waals surface area contributed by atoms with Crippen molar-refractivity contribution in [3.8, 4) is 5.75 Å². The molecule has 0 saturated carbocycles. The Balaban J connectivity index is 1.61. The Morgan fingerprint density at radius 2 is 2.11 bits per heavy atom. The van der Waals surface area contributed by atoms with Crippen molar-refractivity contribution >= 4 is 29.0 Å². The highest BCUT2D eigenvalue weighted by Gasteiger charge is 2.05. The van der Waals surface area contributed by atoms with Crippen LogP contribution in [0.25, 0.3) is 6.08 Å². The third-order valence-corrected chi connectivity index (χ3v) is 4.54. The van der Waals surface area contributed by atoms with Crippen LogP contribution in [0.5, 0.6) is 5.75 Å². The number of aryl methyl sites for hydroxylation is 2. The lowest BCUT2D eigenvalue weighted by molar-refractivity contribution is -0.111. The maximum atomic E-state index is 13.7. The molecule has 1 amide bonds. The van der Waals surface area contributed by atoms with E-state index in [-0.39, 0.29) is 5.69 Å². The van der Waals surface area contributed by atoms with Gasteiger partial charge in [-0.15, -0.1) is 11.3 Å². The van der Waals surface area contributed by atoms with Crippen molar-refractivity contribution < 1.29 is 13.9 Å². The van der Waals surface area contributed by atoms with E-state index in [0.717, 1.165) is 21.8 Å². The van der Waals surface area contributed by atoms with Gasteiger partial charge in [-0.3, -0.25) is 4.79 Å². The van der Waals surface area contributed by atoms with Gasteiger partial charge in [0, 0.05) is 11.5 Å². The number of carbonyl (C=O) groups is 1. The fraction of sp³-hybridized carbons (Fsp3) is 0.143. The minimum absolute atomic E-state index is 0.167. The summed E-state index contributed by atoms with van der Waals surface area (Å²) in [6.07, 6.45) is 3.02. The number of hydrogen-bond acceptors (Lipinski definition) is 4. The number of ether oxygens (including phenoxy) is 1. The first kappa shape index (κ1) is 18.8. The first-order chi connectivity index (χ1) is 13.0. The summed E-state index contributed by atoms with van der Waals surface area (Å²) in [5, 5.41) is 5.51. The summed E-state index contributed by atoms with van der Waals surface area (Å²) in [6.45, 7) is 4.18. The van der Waals surface area contributed by atoms with E-state index >= 15 is 0 Å². The smallest absolute Gasteiger partial charge is 0.248 e. The zero-order valence-corrected chi connectivity index (χ0v) is 15.8. The molecule has 0 aliphatic heterocycles. The van der Waals surface area contributed by atoms with Crippen molar-refractivity contribution in [2.75, 3.05) is 5.32 Å². The van der Waals surface area contributed by atoms with Crippen molar-refractivity contribution in [2.24, 2.45) is 0 Å². The number of rotatable bonds is 6. The van der Waals surface area contributed by atoms with Gasteiger partial charge in [0.1, 0.15) is 18.2 Å². The molecule has 0 spiro atoms. The Morgan fingerprint density at radius 1 is 1.26 bits per heavy atom. The molecule has 6 heteroatoms. The summed E-state index contributed by atoms with van der Waals surface area (Å²) in [6, 6.07) is 12.0. The molecule has 0 aliphatic rings. The highest BCUT2D eigenvalue weighted by Crippen LogP contribution is 2.18. The SMILES string of the molecule is Cc1ccc(F)c(NC(=O)/C=C/c2cccc(OCc3csc(C)n3)c2)c1. The van der Waals surface area contributed by atoms with Crippen LogP contribution in [-0.2, 0) is 11.4 Å². The molecular weight excluding hydrogens is 363 g/mol. The van der Waals surface area contributed by atoms with E-state index < -0.39 is 11.7 Å². The van der Waals surface area contributed by atoms with Crippen LogP contribution in [0.15, 0.2) is 53.9 Å². The second-order valence-corrected chi connectivity index (χ2v) is 7.09. The molecule has 1 N–H and O–H groups in total. The molecule has 1 heterocycles. The molecule has 1 aromatic heterocycles. The summed E-state index contributed by atoms with van der Waals surface area (Å²) >= 11 is 1.58. The number of benzene rings is 2. The molecule has 2 aromatic carbocycles. The van der Waals surface area contributed by atoms with Gasteiger partial charge in [-0.05, 0) is 55.3 Å². The fourth-order valence-electron chi connectivity index (χ4n) is 2.42. The minimum atomic E-state index is -0.463. The van der Waals surface area contributed by atoms with E-state index in [1.165, 1.54) is 12.1 Å². The van der Waals surface area contributed by atoms with Gasteiger partial charge in [0.05, 0.1) is 16.4 Å². The molecule has 3 aromatic rings. The third-order valence-electron chi connectivity index (χ3n) is 3.72. The molecular formula is C21H19FN2O2S. The number of amides is 1. The van der Waals surface area contributed by atoms with Crippen LogP contribution in [0.4, 0.5) is 10.1 Å². The second kappa shape index (κ2) is 8.60. The normalized spacial score (nSPS) is 10.9. The lowest BCUT2D eigenvalue weighted by atomic mass is 10.2. The summed E-state index contributed by atoms with van der Waals surface area (Å²) in [4.78, 5) is 16.4. The highest BCUT2D eigenvalue weighted by atomic mass is 32.1. The van der Waals surface area contributed by atoms with E-state index in [4.69, 9.17) is 4.74 Å². The Labute approximate surface area is 161 Å². The molecule has 3 rings (SSSR count).